The first-order valence-electron chi connectivity index (χ1n) is 3.01. The summed E-state index contributed by atoms with van der Waals surface area (Å²) in [5, 5.41) is 0. The average Bonchev–Trinajstić information content (AvgIpc) is 2.34. The molecule has 1 unspecified atom stereocenters. The van der Waals surface area contributed by atoms with Crippen molar-refractivity contribution in [2.45, 2.75) is 11.5 Å². The maximum Gasteiger partial charge on any atom is 0.189 e. The van der Waals surface area contributed by atoms with Crippen molar-refractivity contribution >= 4 is 11.1 Å². The second-order valence-corrected chi connectivity index (χ2v) is 3.25. The van der Waals surface area contributed by atoms with Gasteiger partial charge in [-0.3, -0.25) is 4.18 Å². The van der Waals surface area contributed by atoms with Gasteiger partial charge in [0.15, 0.2) is 11.1 Å². The topological polar surface area (TPSA) is 26.3 Å². The molecule has 1 aliphatic heterocycles. The molecule has 0 amide bonds. The van der Waals surface area contributed by atoms with E-state index in [-0.39, 0.29) is 0 Å². The first-order chi connectivity index (χ1) is 4.88. The van der Waals surface area contributed by atoms with Gasteiger partial charge < -0.3 is 0 Å². The lowest BCUT2D eigenvalue weighted by atomic mass is 10.2. The average molecular weight is 154 g/mol. The van der Waals surface area contributed by atoms with E-state index in [1.807, 2.05) is 24.3 Å². The summed E-state index contributed by atoms with van der Waals surface area (Å²) in [6, 6.07) is 7.55. The summed E-state index contributed by atoms with van der Waals surface area (Å²) in [5.74, 6) is 0. The maximum atomic E-state index is 11.0. The molecule has 1 aliphatic rings. The normalized spacial score (nSPS) is 22.6. The van der Waals surface area contributed by atoms with Crippen LogP contribution in [-0.4, -0.2) is 4.21 Å². The summed E-state index contributed by atoms with van der Waals surface area (Å²) in [6.45, 7) is 0.489. The van der Waals surface area contributed by atoms with Gasteiger partial charge >= 0.3 is 0 Å². The Kier molecular flexibility index (Phi) is 1.32. The quantitative estimate of drug-likeness (QED) is 0.562. The van der Waals surface area contributed by atoms with Crippen molar-refractivity contribution < 1.29 is 8.39 Å². The van der Waals surface area contributed by atoms with Gasteiger partial charge in [0.25, 0.3) is 0 Å². The van der Waals surface area contributed by atoms with Crippen LogP contribution < -0.4 is 0 Å². The Hall–Kier alpha value is -0.670. The Morgan fingerprint density at radius 1 is 1.40 bits per heavy atom. The molecule has 0 N–H and O–H groups in total. The van der Waals surface area contributed by atoms with Crippen LogP contribution in [0.3, 0.4) is 0 Å². The van der Waals surface area contributed by atoms with E-state index in [9.17, 15) is 4.21 Å². The number of hydrogen-bond donors (Lipinski definition) is 0. The van der Waals surface area contributed by atoms with Crippen molar-refractivity contribution in [2.75, 3.05) is 0 Å². The van der Waals surface area contributed by atoms with E-state index >= 15 is 0 Å². The molecular formula is C7H6O2S. The second-order valence-electron chi connectivity index (χ2n) is 2.10. The van der Waals surface area contributed by atoms with E-state index in [4.69, 9.17) is 4.18 Å². The van der Waals surface area contributed by atoms with E-state index in [0.717, 1.165) is 10.5 Å². The molecule has 2 nitrogen and oxygen atoms in total. The van der Waals surface area contributed by atoms with E-state index < -0.39 is 11.1 Å². The molecule has 1 heterocycles. The Bertz CT molecular complexity index is 283. The lowest BCUT2D eigenvalue weighted by Crippen LogP contribution is -1.82. The third kappa shape index (κ3) is 0.786. The number of fused-ring (bicyclic) bond motifs is 1. The molecule has 52 valence electrons. The molecule has 10 heavy (non-hydrogen) atoms. The Balaban J connectivity index is 2.61. The van der Waals surface area contributed by atoms with Gasteiger partial charge in [-0.1, -0.05) is 18.2 Å². The molecular weight excluding hydrogens is 148 g/mol. The molecule has 1 aromatic rings. The van der Waals surface area contributed by atoms with E-state index in [2.05, 4.69) is 0 Å². The first-order valence-corrected chi connectivity index (χ1v) is 4.08. The Morgan fingerprint density at radius 3 is 3.00 bits per heavy atom. The van der Waals surface area contributed by atoms with Crippen LogP contribution in [0.25, 0.3) is 0 Å². The van der Waals surface area contributed by atoms with Crippen LogP contribution in [0.2, 0.25) is 0 Å². The standard InChI is InChI=1S/C7H6O2S/c8-10-7-4-2-1-3-6(7)5-9-10/h1-4H,5H2. The molecule has 0 saturated heterocycles. The molecule has 0 bridgehead atoms. The van der Waals surface area contributed by atoms with E-state index in [1.165, 1.54) is 0 Å². The first kappa shape index (κ1) is 6.07. The van der Waals surface area contributed by atoms with Gasteiger partial charge in [0, 0.05) is 0 Å². The number of rotatable bonds is 0. The van der Waals surface area contributed by atoms with Gasteiger partial charge in [0.2, 0.25) is 0 Å². The van der Waals surface area contributed by atoms with Crippen molar-refractivity contribution in [2.24, 2.45) is 0 Å². The highest BCUT2D eigenvalue weighted by Gasteiger charge is 2.17. The minimum Gasteiger partial charge on any atom is -0.282 e. The minimum absolute atomic E-state index is 0.489. The van der Waals surface area contributed by atoms with Crippen molar-refractivity contribution in [3.05, 3.63) is 29.8 Å². The highest BCUT2D eigenvalue weighted by atomic mass is 32.2. The summed E-state index contributed by atoms with van der Waals surface area (Å²) in [4.78, 5) is 0.822. The third-order valence-electron chi connectivity index (χ3n) is 1.47. The highest BCUT2D eigenvalue weighted by molar-refractivity contribution is 7.80. The third-order valence-corrected chi connectivity index (χ3v) is 2.56. The van der Waals surface area contributed by atoms with Gasteiger partial charge in [-0.15, -0.1) is 0 Å². The summed E-state index contributed by atoms with van der Waals surface area (Å²) in [7, 11) is 0. The largest absolute Gasteiger partial charge is 0.282 e. The zero-order chi connectivity index (χ0) is 6.97. The van der Waals surface area contributed by atoms with Crippen molar-refractivity contribution in [1.29, 1.82) is 0 Å². The Morgan fingerprint density at radius 2 is 2.20 bits per heavy atom. The predicted octanol–water partition coefficient (Wildman–Crippen LogP) is 1.24. The molecule has 2 rings (SSSR count). The van der Waals surface area contributed by atoms with Gasteiger partial charge in [-0.2, -0.15) is 0 Å². The van der Waals surface area contributed by atoms with Crippen LogP contribution in [0.5, 0.6) is 0 Å². The molecule has 0 saturated carbocycles. The van der Waals surface area contributed by atoms with Gasteiger partial charge in [0.1, 0.15) is 0 Å². The zero-order valence-electron chi connectivity index (χ0n) is 5.24. The van der Waals surface area contributed by atoms with Crippen molar-refractivity contribution in [3.63, 3.8) is 0 Å². The van der Waals surface area contributed by atoms with E-state index in [1.54, 1.807) is 0 Å². The highest BCUT2D eigenvalue weighted by Crippen LogP contribution is 2.22. The zero-order valence-corrected chi connectivity index (χ0v) is 6.06. The maximum absolute atomic E-state index is 11.0. The summed E-state index contributed by atoms with van der Waals surface area (Å²) in [6.07, 6.45) is 0. The molecule has 0 aliphatic carbocycles. The van der Waals surface area contributed by atoms with E-state index in [0.29, 0.717) is 6.61 Å². The Labute approximate surface area is 61.5 Å². The van der Waals surface area contributed by atoms with Crippen LogP contribution >= 0.6 is 0 Å². The van der Waals surface area contributed by atoms with Gasteiger partial charge in [-0.25, -0.2) is 4.21 Å². The molecule has 1 aromatic carbocycles. The molecule has 3 heteroatoms. The monoisotopic (exact) mass is 154 g/mol. The van der Waals surface area contributed by atoms with Crippen LogP contribution in [0.1, 0.15) is 5.56 Å². The fraction of sp³-hybridized carbons (Fsp3) is 0.143. The number of benzene rings is 1. The fourth-order valence-electron chi connectivity index (χ4n) is 0.966. The van der Waals surface area contributed by atoms with Crippen molar-refractivity contribution in [3.8, 4) is 0 Å². The fourth-order valence-corrected chi connectivity index (χ4v) is 1.86. The minimum atomic E-state index is -1.20. The number of hydrogen-bond acceptors (Lipinski definition) is 2. The lowest BCUT2D eigenvalue weighted by Gasteiger charge is -1.89. The molecule has 0 radical (unpaired) electrons. The SMILES string of the molecule is O=S1OCc2ccccc21. The molecule has 0 aromatic heterocycles. The van der Waals surface area contributed by atoms with Crippen molar-refractivity contribution in [1.82, 2.24) is 0 Å². The molecule has 0 fully saturated rings. The van der Waals surface area contributed by atoms with Gasteiger partial charge in [-0.05, 0) is 11.6 Å². The predicted molar refractivity (Wildman–Crippen MR) is 37.6 cm³/mol. The molecule has 0 spiro atoms. The second kappa shape index (κ2) is 2.18. The smallest absolute Gasteiger partial charge is 0.189 e. The van der Waals surface area contributed by atoms with Crippen LogP contribution in [0.15, 0.2) is 29.2 Å². The lowest BCUT2D eigenvalue weighted by molar-refractivity contribution is 0.355. The van der Waals surface area contributed by atoms with Crippen LogP contribution in [0, 0.1) is 0 Å². The van der Waals surface area contributed by atoms with Crippen LogP contribution in [0.4, 0.5) is 0 Å². The van der Waals surface area contributed by atoms with Crippen LogP contribution in [-0.2, 0) is 21.9 Å². The van der Waals surface area contributed by atoms with Gasteiger partial charge in [0.05, 0.1) is 11.5 Å². The summed E-state index contributed by atoms with van der Waals surface area (Å²) < 4.78 is 15.8. The molecule has 1 atom stereocenters. The summed E-state index contributed by atoms with van der Waals surface area (Å²) >= 11 is -1.20. The summed E-state index contributed by atoms with van der Waals surface area (Å²) in [5.41, 5.74) is 1.04.